The molecule has 0 bridgehead atoms. The summed E-state index contributed by atoms with van der Waals surface area (Å²) in [6.45, 7) is 0. The van der Waals surface area contributed by atoms with Crippen molar-refractivity contribution in [2.24, 2.45) is 0 Å². The number of aliphatic hydroxyl groups is 1. The third kappa shape index (κ3) is 2.46. The van der Waals surface area contributed by atoms with Gasteiger partial charge in [-0.25, -0.2) is 0 Å². The van der Waals surface area contributed by atoms with E-state index in [2.05, 4.69) is 15.9 Å². The van der Waals surface area contributed by atoms with Gasteiger partial charge in [0.1, 0.15) is 6.10 Å². The van der Waals surface area contributed by atoms with Crippen molar-refractivity contribution in [1.82, 2.24) is 0 Å². The van der Waals surface area contributed by atoms with Gasteiger partial charge in [-0.1, -0.05) is 57.9 Å². The van der Waals surface area contributed by atoms with E-state index in [-0.39, 0.29) is 0 Å². The lowest BCUT2D eigenvalue weighted by atomic mass is 10.0. The van der Waals surface area contributed by atoms with Gasteiger partial charge in [0, 0.05) is 9.50 Å². The average molecular weight is 298 g/mol. The molecule has 0 radical (unpaired) electrons. The van der Waals surface area contributed by atoms with Gasteiger partial charge in [0.25, 0.3) is 0 Å². The first kappa shape index (κ1) is 11.6. The third-order valence-corrected chi connectivity index (χ3v) is 3.32. The zero-order valence-electron chi connectivity index (χ0n) is 8.40. The lowest BCUT2D eigenvalue weighted by Gasteiger charge is -2.13. The highest BCUT2D eigenvalue weighted by atomic mass is 79.9. The summed E-state index contributed by atoms with van der Waals surface area (Å²) in [5.74, 6) is 0. The molecule has 0 aliphatic carbocycles. The summed E-state index contributed by atoms with van der Waals surface area (Å²) in [5.41, 5.74) is 1.63. The molecule has 0 fully saturated rings. The Bertz CT molecular complexity index is 499. The molecule has 0 saturated carbocycles. The van der Waals surface area contributed by atoms with Crippen LogP contribution in [0, 0.1) is 0 Å². The Morgan fingerprint density at radius 3 is 2.50 bits per heavy atom. The van der Waals surface area contributed by atoms with Crippen molar-refractivity contribution in [3.05, 3.63) is 69.2 Å². The predicted octanol–water partition coefficient (Wildman–Crippen LogP) is 4.18. The summed E-state index contributed by atoms with van der Waals surface area (Å²) >= 11 is 9.31. The van der Waals surface area contributed by atoms with E-state index in [9.17, 15) is 5.11 Å². The number of halogens is 2. The van der Waals surface area contributed by atoms with Crippen LogP contribution >= 0.6 is 27.5 Å². The molecule has 16 heavy (non-hydrogen) atoms. The van der Waals surface area contributed by atoms with Crippen LogP contribution in [0.5, 0.6) is 0 Å². The fourth-order valence-electron chi connectivity index (χ4n) is 1.55. The second-order valence-electron chi connectivity index (χ2n) is 3.48. The molecule has 0 aromatic heterocycles. The molecule has 2 aromatic carbocycles. The molecule has 0 saturated heterocycles. The van der Waals surface area contributed by atoms with Crippen LogP contribution in [0.1, 0.15) is 17.2 Å². The fraction of sp³-hybridized carbons (Fsp3) is 0.0769. The quantitative estimate of drug-likeness (QED) is 0.881. The Morgan fingerprint density at radius 1 is 1.06 bits per heavy atom. The minimum absolute atomic E-state index is 0.628. The van der Waals surface area contributed by atoms with Gasteiger partial charge in [-0.3, -0.25) is 0 Å². The molecule has 82 valence electrons. The highest BCUT2D eigenvalue weighted by molar-refractivity contribution is 9.10. The summed E-state index contributed by atoms with van der Waals surface area (Å²) in [6.07, 6.45) is -0.658. The van der Waals surface area contributed by atoms with Crippen LogP contribution in [-0.4, -0.2) is 5.11 Å². The van der Waals surface area contributed by atoms with Gasteiger partial charge in [0.2, 0.25) is 0 Å². The number of benzene rings is 2. The predicted molar refractivity (Wildman–Crippen MR) is 69.7 cm³/mol. The molecule has 0 unspecified atom stereocenters. The highest BCUT2D eigenvalue weighted by Gasteiger charge is 2.12. The van der Waals surface area contributed by atoms with Crippen LogP contribution in [0.15, 0.2) is 53.0 Å². The van der Waals surface area contributed by atoms with Gasteiger partial charge in [-0.2, -0.15) is 0 Å². The number of rotatable bonds is 2. The minimum Gasteiger partial charge on any atom is -0.384 e. The van der Waals surface area contributed by atoms with E-state index in [0.29, 0.717) is 5.02 Å². The second-order valence-corrected chi connectivity index (χ2v) is 4.77. The highest BCUT2D eigenvalue weighted by Crippen LogP contribution is 2.29. The van der Waals surface area contributed by atoms with E-state index in [1.54, 1.807) is 12.1 Å². The Hall–Kier alpha value is -0.830. The Labute approximate surface area is 108 Å². The van der Waals surface area contributed by atoms with Crippen molar-refractivity contribution < 1.29 is 5.11 Å². The van der Waals surface area contributed by atoms with Gasteiger partial charge in [-0.05, 0) is 29.3 Å². The third-order valence-electron chi connectivity index (χ3n) is 2.36. The lowest BCUT2D eigenvalue weighted by Crippen LogP contribution is -2.00. The van der Waals surface area contributed by atoms with E-state index < -0.39 is 6.10 Å². The van der Waals surface area contributed by atoms with Crippen LogP contribution < -0.4 is 0 Å². The molecule has 2 rings (SSSR count). The van der Waals surface area contributed by atoms with Crippen LogP contribution in [0.4, 0.5) is 0 Å². The smallest absolute Gasteiger partial charge is 0.105 e. The maximum absolute atomic E-state index is 10.2. The fourth-order valence-corrected chi connectivity index (χ4v) is 2.25. The maximum atomic E-state index is 10.2. The SMILES string of the molecule is O[C@H](c1cccc(Cl)c1)c1ccccc1Br. The second kappa shape index (κ2) is 5.00. The normalized spacial score (nSPS) is 12.4. The van der Waals surface area contributed by atoms with E-state index in [4.69, 9.17) is 11.6 Å². The molecular weight excluding hydrogens is 287 g/mol. The van der Waals surface area contributed by atoms with Gasteiger partial charge in [0.05, 0.1) is 0 Å². The average Bonchev–Trinajstić information content (AvgIpc) is 2.29. The van der Waals surface area contributed by atoms with Crippen molar-refractivity contribution in [1.29, 1.82) is 0 Å². The summed E-state index contributed by atoms with van der Waals surface area (Å²) in [7, 11) is 0. The van der Waals surface area contributed by atoms with Gasteiger partial charge >= 0.3 is 0 Å². The van der Waals surface area contributed by atoms with Crippen molar-refractivity contribution in [3.8, 4) is 0 Å². The summed E-state index contributed by atoms with van der Waals surface area (Å²) in [4.78, 5) is 0. The number of hydrogen-bond donors (Lipinski definition) is 1. The molecule has 3 heteroatoms. The molecule has 0 aliphatic heterocycles. The summed E-state index contributed by atoms with van der Waals surface area (Å²) in [6, 6.07) is 14.8. The Balaban J connectivity index is 2.39. The van der Waals surface area contributed by atoms with Crippen molar-refractivity contribution >= 4 is 27.5 Å². The Kier molecular flexibility index (Phi) is 3.64. The largest absolute Gasteiger partial charge is 0.384 e. The van der Waals surface area contributed by atoms with Crippen LogP contribution in [0.2, 0.25) is 5.02 Å². The zero-order chi connectivity index (χ0) is 11.5. The van der Waals surface area contributed by atoms with E-state index in [0.717, 1.165) is 15.6 Å². The van der Waals surface area contributed by atoms with Crippen molar-refractivity contribution in [2.75, 3.05) is 0 Å². The molecule has 0 heterocycles. The first-order valence-electron chi connectivity index (χ1n) is 4.86. The van der Waals surface area contributed by atoms with E-state index in [1.807, 2.05) is 36.4 Å². The molecule has 0 spiro atoms. The minimum atomic E-state index is -0.658. The summed E-state index contributed by atoms with van der Waals surface area (Å²) < 4.78 is 0.891. The molecule has 0 amide bonds. The lowest BCUT2D eigenvalue weighted by molar-refractivity contribution is 0.219. The Morgan fingerprint density at radius 2 is 1.81 bits per heavy atom. The first-order chi connectivity index (χ1) is 7.68. The molecular formula is C13H10BrClO. The van der Waals surface area contributed by atoms with Gasteiger partial charge in [0.15, 0.2) is 0 Å². The van der Waals surface area contributed by atoms with E-state index in [1.165, 1.54) is 0 Å². The van der Waals surface area contributed by atoms with Crippen molar-refractivity contribution in [3.63, 3.8) is 0 Å². The number of hydrogen-bond acceptors (Lipinski definition) is 1. The zero-order valence-corrected chi connectivity index (χ0v) is 10.7. The molecule has 1 nitrogen and oxygen atoms in total. The molecule has 1 N–H and O–H groups in total. The van der Waals surface area contributed by atoms with Crippen LogP contribution in [0.3, 0.4) is 0 Å². The van der Waals surface area contributed by atoms with Crippen LogP contribution in [-0.2, 0) is 0 Å². The number of aliphatic hydroxyl groups excluding tert-OH is 1. The molecule has 1 atom stereocenters. The van der Waals surface area contributed by atoms with Crippen molar-refractivity contribution in [2.45, 2.75) is 6.10 Å². The molecule has 2 aromatic rings. The van der Waals surface area contributed by atoms with Gasteiger partial charge in [-0.15, -0.1) is 0 Å². The standard InChI is InChI=1S/C13H10BrClO/c14-12-7-2-1-6-11(12)13(16)9-4-3-5-10(15)8-9/h1-8,13,16H/t13-/m1/s1. The monoisotopic (exact) mass is 296 g/mol. The summed E-state index contributed by atoms with van der Waals surface area (Å²) in [5, 5.41) is 10.8. The molecule has 0 aliphatic rings. The topological polar surface area (TPSA) is 20.2 Å². The van der Waals surface area contributed by atoms with Gasteiger partial charge < -0.3 is 5.11 Å². The maximum Gasteiger partial charge on any atom is 0.105 e. The first-order valence-corrected chi connectivity index (χ1v) is 6.03. The van der Waals surface area contributed by atoms with E-state index >= 15 is 0 Å². The van der Waals surface area contributed by atoms with Crippen LogP contribution in [0.25, 0.3) is 0 Å².